The number of benzene rings is 2. The molecule has 0 bridgehead atoms. The van der Waals surface area contributed by atoms with Crippen LogP contribution in [0.25, 0.3) is 11.1 Å². The predicted octanol–water partition coefficient (Wildman–Crippen LogP) is 8.09. The first-order valence-corrected chi connectivity index (χ1v) is 16.9. The molecular weight excluding hydrogens is 480 g/mol. The molecule has 1 N–H and O–H groups in total. The minimum absolute atomic E-state index is 0.327. The second-order valence-electron chi connectivity index (χ2n) is 7.52. The van der Waals surface area contributed by atoms with Gasteiger partial charge in [-0.25, -0.2) is 0 Å². The fraction of sp³-hybridized carbons (Fsp3) is 0.458. The molecule has 1 fully saturated rings. The first kappa shape index (κ1) is 24.6. The molecule has 0 saturated heterocycles. The zero-order valence-electron chi connectivity index (χ0n) is 17.4. The molecular formula is C24H31Cl2NOZr. The number of phenolic OH excluding ortho intramolecular Hbond substituents is 1. The van der Waals surface area contributed by atoms with E-state index in [0.717, 1.165) is 24.0 Å². The fourth-order valence-electron chi connectivity index (χ4n) is 3.99. The molecule has 5 heteroatoms. The molecule has 0 spiro atoms. The third kappa shape index (κ3) is 7.53. The second-order valence-corrected chi connectivity index (χ2v) is 11.3. The molecule has 2 aromatic carbocycles. The van der Waals surface area contributed by atoms with Gasteiger partial charge in [-0.1, -0.05) is 63.4 Å². The summed E-state index contributed by atoms with van der Waals surface area (Å²) in [7, 11) is 9.87. The van der Waals surface area contributed by atoms with Crippen LogP contribution >= 0.6 is 17.0 Å². The van der Waals surface area contributed by atoms with Crippen LogP contribution < -0.4 is 0 Å². The molecule has 3 rings (SSSR count). The quantitative estimate of drug-likeness (QED) is 0.391. The van der Waals surface area contributed by atoms with Crippen LogP contribution in [0, 0.1) is 0 Å². The van der Waals surface area contributed by atoms with Gasteiger partial charge in [-0.15, -0.1) is 0 Å². The Balaban J connectivity index is 0.000000941. The molecule has 0 amide bonds. The molecule has 1 saturated carbocycles. The molecule has 0 aromatic heterocycles. The molecule has 2 aromatic rings. The topological polar surface area (TPSA) is 32.6 Å². The summed E-state index contributed by atoms with van der Waals surface area (Å²) in [4.78, 5) is 4.73. The Morgan fingerprint density at radius 1 is 1.03 bits per heavy atom. The Morgan fingerprint density at radius 2 is 1.66 bits per heavy atom. The maximum absolute atomic E-state index is 11.0. The van der Waals surface area contributed by atoms with E-state index in [0.29, 0.717) is 17.7 Å². The van der Waals surface area contributed by atoms with E-state index in [-0.39, 0.29) is 0 Å². The molecule has 0 unspecified atom stereocenters. The third-order valence-electron chi connectivity index (χ3n) is 5.69. The molecule has 0 aliphatic heterocycles. The first-order chi connectivity index (χ1) is 14.1. The van der Waals surface area contributed by atoms with Gasteiger partial charge in [-0.3, -0.25) is 4.99 Å². The van der Waals surface area contributed by atoms with Crippen molar-refractivity contribution in [3.8, 4) is 16.9 Å². The number of aromatic hydroxyl groups is 1. The van der Waals surface area contributed by atoms with Gasteiger partial charge in [0.15, 0.2) is 0 Å². The SMILES string of the molecule is CCC(CC)N=Cc1cc(-c2ccccc2)cc(C2CCCCC2)c1O.[Cl][Zr][Cl]. The van der Waals surface area contributed by atoms with E-state index in [1.54, 1.807) is 0 Å². The number of hydrogen-bond acceptors (Lipinski definition) is 2. The van der Waals surface area contributed by atoms with Crippen molar-refractivity contribution < 1.29 is 26.0 Å². The summed E-state index contributed by atoms with van der Waals surface area (Å²) in [5, 5.41) is 11.0. The summed E-state index contributed by atoms with van der Waals surface area (Å²) in [6, 6.07) is 15.1. The zero-order valence-corrected chi connectivity index (χ0v) is 21.3. The van der Waals surface area contributed by atoms with Gasteiger partial charge >= 0.3 is 37.9 Å². The van der Waals surface area contributed by atoms with Gasteiger partial charge in [0.05, 0.1) is 0 Å². The number of aliphatic imine (C=N–C) groups is 1. The molecule has 0 radical (unpaired) electrons. The van der Waals surface area contributed by atoms with Crippen LogP contribution in [-0.2, 0) is 20.8 Å². The van der Waals surface area contributed by atoms with E-state index >= 15 is 0 Å². The summed E-state index contributed by atoms with van der Waals surface area (Å²) in [5.74, 6) is 0.902. The fourth-order valence-corrected chi connectivity index (χ4v) is 3.99. The van der Waals surface area contributed by atoms with Gasteiger partial charge in [0, 0.05) is 17.8 Å². The maximum atomic E-state index is 11.0. The summed E-state index contributed by atoms with van der Waals surface area (Å²) in [6.07, 6.45) is 10.1. The van der Waals surface area contributed by atoms with Crippen LogP contribution in [0.15, 0.2) is 47.5 Å². The van der Waals surface area contributed by atoms with E-state index < -0.39 is 20.8 Å². The van der Waals surface area contributed by atoms with Crippen molar-refractivity contribution in [3.63, 3.8) is 0 Å². The normalized spacial score (nSPS) is 14.7. The van der Waals surface area contributed by atoms with Crippen molar-refractivity contribution in [3.05, 3.63) is 53.6 Å². The molecule has 29 heavy (non-hydrogen) atoms. The van der Waals surface area contributed by atoms with Crippen LogP contribution in [0.3, 0.4) is 0 Å². The van der Waals surface area contributed by atoms with Crippen LogP contribution in [0.1, 0.15) is 75.8 Å². The Bertz CT molecular complexity index is 757. The Labute approximate surface area is 194 Å². The van der Waals surface area contributed by atoms with Gasteiger partial charge in [0.1, 0.15) is 5.75 Å². The van der Waals surface area contributed by atoms with Gasteiger partial charge in [-0.2, -0.15) is 0 Å². The van der Waals surface area contributed by atoms with Crippen LogP contribution in [0.5, 0.6) is 5.75 Å². The predicted molar refractivity (Wildman–Crippen MR) is 123 cm³/mol. The molecule has 0 atom stereocenters. The van der Waals surface area contributed by atoms with E-state index in [4.69, 9.17) is 22.0 Å². The molecule has 0 heterocycles. The Kier molecular flexibility index (Phi) is 11.6. The van der Waals surface area contributed by atoms with Crippen molar-refractivity contribution in [1.82, 2.24) is 0 Å². The van der Waals surface area contributed by atoms with Crippen LogP contribution in [-0.4, -0.2) is 17.4 Å². The zero-order chi connectivity index (χ0) is 21.1. The Morgan fingerprint density at radius 3 is 2.24 bits per heavy atom. The molecule has 156 valence electrons. The number of halogens is 2. The van der Waals surface area contributed by atoms with Crippen LogP contribution in [0.4, 0.5) is 0 Å². The number of hydrogen-bond donors (Lipinski definition) is 1. The second kappa shape index (κ2) is 13.6. The van der Waals surface area contributed by atoms with E-state index in [9.17, 15) is 5.11 Å². The van der Waals surface area contributed by atoms with Gasteiger partial charge < -0.3 is 5.11 Å². The van der Waals surface area contributed by atoms with Crippen molar-refractivity contribution in [2.24, 2.45) is 4.99 Å². The van der Waals surface area contributed by atoms with Crippen LogP contribution in [0.2, 0.25) is 0 Å². The molecule has 1 aliphatic carbocycles. The van der Waals surface area contributed by atoms with Crippen molar-refractivity contribution in [1.29, 1.82) is 0 Å². The number of nitrogens with zero attached hydrogens (tertiary/aromatic N) is 1. The number of rotatable bonds is 6. The van der Waals surface area contributed by atoms with E-state index in [1.165, 1.54) is 43.2 Å². The molecule has 2 nitrogen and oxygen atoms in total. The average Bonchev–Trinajstić information content (AvgIpc) is 2.77. The number of phenols is 1. The van der Waals surface area contributed by atoms with Gasteiger partial charge in [-0.05, 0) is 60.4 Å². The minimum atomic E-state index is -0.826. The summed E-state index contributed by atoms with van der Waals surface area (Å²) < 4.78 is 0. The monoisotopic (exact) mass is 509 g/mol. The summed E-state index contributed by atoms with van der Waals surface area (Å²) >= 11 is -0.826. The van der Waals surface area contributed by atoms with E-state index in [1.807, 2.05) is 12.3 Å². The van der Waals surface area contributed by atoms with Gasteiger partial charge in [0.25, 0.3) is 0 Å². The average molecular weight is 512 g/mol. The first-order valence-electron chi connectivity index (χ1n) is 10.6. The van der Waals surface area contributed by atoms with Crippen molar-refractivity contribution in [2.45, 2.75) is 70.8 Å². The molecule has 1 aliphatic rings. The van der Waals surface area contributed by atoms with Crippen molar-refractivity contribution >= 4 is 23.2 Å². The van der Waals surface area contributed by atoms with Gasteiger partial charge in [0.2, 0.25) is 0 Å². The Hall–Kier alpha value is -0.627. The standard InChI is InChI=1S/C24H31NO.2ClH.Zr/c1-3-22(4-2)25-17-21-15-20(18-11-7-5-8-12-18)16-23(24(21)26)19-13-9-6-10-14-19;;;/h5,7-8,11-12,15-17,19,22,26H,3-4,6,9-10,13-14H2,1-2H3;2*1H;/q;;;+2/p-2. The third-order valence-corrected chi connectivity index (χ3v) is 5.69. The van der Waals surface area contributed by atoms with E-state index in [2.05, 4.69) is 50.2 Å². The summed E-state index contributed by atoms with van der Waals surface area (Å²) in [6.45, 7) is 4.33. The summed E-state index contributed by atoms with van der Waals surface area (Å²) in [5.41, 5.74) is 4.34. The van der Waals surface area contributed by atoms with Crippen molar-refractivity contribution in [2.75, 3.05) is 0 Å².